The Kier molecular flexibility index (Phi) is 7.33. The van der Waals surface area contributed by atoms with E-state index >= 15 is 0 Å². The van der Waals surface area contributed by atoms with Gasteiger partial charge in [-0.3, -0.25) is 10.8 Å². The molecule has 0 radical (unpaired) electrons. The van der Waals surface area contributed by atoms with Crippen LogP contribution >= 0.6 is 0 Å². The Morgan fingerprint density at radius 1 is 1.07 bits per heavy atom. The lowest BCUT2D eigenvalue weighted by Crippen LogP contribution is -2.26. The van der Waals surface area contributed by atoms with Gasteiger partial charge in [0.05, 0.1) is 7.11 Å². The molecule has 6 N–H and O–H groups in total. The molecule has 0 aliphatic carbocycles. The zero-order chi connectivity index (χ0) is 20.5. The van der Waals surface area contributed by atoms with Gasteiger partial charge in [0.2, 0.25) is 0 Å². The number of carbonyl (C=O) groups is 1. The number of nitrogens with one attached hydrogen (secondary N) is 2. The summed E-state index contributed by atoms with van der Waals surface area (Å²) in [6, 6.07) is 15.0. The maximum Gasteiger partial charge on any atom is 0.330 e. The molecule has 0 atom stereocenters. The fraction of sp³-hybridized carbons (Fsp3) is 0.190. The summed E-state index contributed by atoms with van der Waals surface area (Å²) < 4.78 is 4.63. The molecule has 0 aliphatic heterocycles. The topological polar surface area (TPSA) is 129 Å². The first-order chi connectivity index (χ1) is 13.4. The summed E-state index contributed by atoms with van der Waals surface area (Å²) in [7, 11) is 1.34. The molecule has 2 aromatic carbocycles. The van der Waals surface area contributed by atoms with Crippen molar-refractivity contribution in [2.45, 2.75) is 6.42 Å². The number of esters is 1. The van der Waals surface area contributed by atoms with Gasteiger partial charge in [0, 0.05) is 36.0 Å². The van der Waals surface area contributed by atoms with Crippen molar-refractivity contribution in [3.8, 4) is 0 Å². The summed E-state index contributed by atoms with van der Waals surface area (Å²) in [6.45, 7) is 1.19. The monoisotopic (exact) mass is 379 g/mol. The van der Waals surface area contributed by atoms with Gasteiger partial charge in [0.15, 0.2) is 0 Å². The number of rotatable bonds is 9. The first-order valence-corrected chi connectivity index (χ1v) is 8.78. The Morgan fingerprint density at radius 3 is 2.36 bits per heavy atom. The third kappa shape index (κ3) is 5.98. The minimum absolute atomic E-state index is 0.00623. The average molecular weight is 379 g/mol. The number of hydrogen-bond donors (Lipinski definition) is 4. The number of benzene rings is 2. The lowest BCUT2D eigenvalue weighted by Gasteiger charge is -2.24. The number of ether oxygens (including phenoxy) is 1. The summed E-state index contributed by atoms with van der Waals surface area (Å²) in [6.07, 6.45) is 3.89. The van der Waals surface area contributed by atoms with E-state index in [1.54, 1.807) is 12.1 Å². The standard InChI is InChI=1S/C21H25N5O2/c1-28-19(27)6-3-12-26(18-5-2-4-17(14-18)21(24)25)13-11-15-7-9-16(10-8-15)20(22)23/h2-10,14H,11-13H2,1H3,(H3,22,23)(H3,24,25). The van der Waals surface area contributed by atoms with Crippen LogP contribution in [0.15, 0.2) is 60.7 Å². The van der Waals surface area contributed by atoms with E-state index in [2.05, 4.69) is 9.64 Å². The Morgan fingerprint density at radius 2 is 1.75 bits per heavy atom. The molecule has 0 saturated carbocycles. The second-order valence-electron chi connectivity index (χ2n) is 6.20. The minimum atomic E-state index is -0.405. The van der Waals surface area contributed by atoms with Crippen molar-refractivity contribution in [1.82, 2.24) is 0 Å². The van der Waals surface area contributed by atoms with Crippen molar-refractivity contribution in [1.29, 1.82) is 10.8 Å². The Hall–Kier alpha value is -3.61. The first-order valence-electron chi connectivity index (χ1n) is 8.78. The Labute approximate surface area is 164 Å². The molecule has 0 aliphatic rings. The van der Waals surface area contributed by atoms with E-state index in [0.717, 1.165) is 17.7 Å². The van der Waals surface area contributed by atoms with E-state index in [9.17, 15) is 4.79 Å². The molecule has 0 saturated heterocycles. The largest absolute Gasteiger partial charge is 0.466 e. The predicted molar refractivity (Wildman–Crippen MR) is 112 cm³/mol. The molecule has 0 unspecified atom stereocenters. The molecule has 0 bridgehead atoms. The fourth-order valence-corrected chi connectivity index (χ4v) is 2.66. The van der Waals surface area contributed by atoms with Gasteiger partial charge in [-0.15, -0.1) is 0 Å². The predicted octanol–water partition coefficient (Wildman–Crippen LogP) is 2.03. The van der Waals surface area contributed by atoms with Gasteiger partial charge in [-0.2, -0.15) is 0 Å². The normalized spacial score (nSPS) is 10.6. The van der Waals surface area contributed by atoms with Gasteiger partial charge in [-0.05, 0) is 24.1 Å². The quantitative estimate of drug-likeness (QED) is 0.229. The molecule has 0 heterocycles. The summed E-state index contributed by atoms with van der Waals surface area (Å²) in [5.41, 5.74) is 14.4. The van der Waals surface area contributed by atoms with Crippen LogP contribution in [-0.2, 0) is 16.0 Å². The number of nitrogens with zero attached hydrogens (tertiary/aromatic N) is 1. The SMILES string of the molecule is COC(=O)C=CCN(CCc1ccc(C(=N)N)cc1)c1cccc(C(=N)N)c1. The van der Waals surface area contributed by atoms with Crippen LogP contribution in [0, 0.1) is 10.8 Å². The highest BCUT2D eigenvalue weighted by atomic mass is 16.5. The van der Waals surface area contributed by atoms with Crippen LogP contribution in [-0.4, -0.2) is 37.8 Å². The number of nitrogens with two attached hydrogens (primary N) is 2. The lowest BCUT2D eigenvalue weighted by molar-refractivity contribution is -0.134. The van der Waals surface area contributed by atoms with Crippen LogP contribution in [0.3, 0.4) is 0 Å². The molecular weight excluding hydrogens is 354 g/mol. The van der Waals surface area contributed by atoms with E-state index in [1.807, 2.05) is 42.5 Å². The second kappa shape index (κ2) is 9.91. The second-order valence-corrected chi connectivity index (χ2v) is 6.20. The minimum Gasteiger partial charge on any atom is -0.466 e. The van der Waals surface area contributed by atoms with Crippen molar-refractivity contribution in [2.75, 3.05) is 25.1 Å². The maximum absolute atomic E-state index is 11.3. The molecule has 2 aromatic rings. The molecule has 28 heavy (non-hydrogen) atoms. The smallest absolute Gasteiger partial charge is 0.330 e. The van der Waals surface area contributed by atoms with E-state index in [4.69, 9.17) is 22.3 Å². The first kappa shape index (κ1) is 20.7. The average Bonchev–Trinajstić information content (AvgIpc) is 2.70. The maximum atomic E-state index is 11.3. The molecule has 0 spiro atoms. The summed E-state index contributed by atoms with van der Waals surface area (Å²) in [5.74, 6) is -0.355. The number of anilines is 1. The zero-order valence-electron chi connectivity index (χ0n) is 15.8. The van der Waals surface area contributed by atoms with Gasteiger partial charge in [-0.25, -0.2) is 4.79 Å². The van der Waals surface area contributed by atoms with Crippen molar-refractivity contribution in [2.24, 2.45) is 11.5 Å². The van der Waals surface area contributed by atoms with Crippen LogP contribution in [0.1, 0.15) is 16.7 Å². The third-order valence-corrected chi connectivity index (χ3v) is 4.24. The van der Waals surface area contributed by atoms with Gasteiger partial charge < -0.3 is 21.1 Å². The summed E-state index contributed by atoms with van der Waals surface area (Å²) >= 11 is 0. The van der Waals surface area contributed by atoms with E-state index in [1.165, 1.54) is 13.2 Å². The zero-order valence-corrected chi connectivity index (χ0v) is 15.8. The third-order valence-electron chi connectivity index (χ3n) is 4.24. The molecule has 0 aromatic heterocycles. The molecule has 7 heteroatoms. The highest BCUT2D eigenvalue weighted by molar-refractivity contribution is 5.96. The van der Waals surface area contributed by atoms with Crippen molar-refractivity contribution in [3.63, 3.8) is 0 Å². The van der Waals surface area contributed by atoms with Crippen LogP contribution in [0.25, 0.3) is 0 Å². The van der Waals surface area contributed by atoms with E-state index in [-0.39, 0.29) is 11.7 Å². The van der Waals surface area contributed by atoms with E-state index in [0.29, 0.717) is 24.2 Å². The molecular formula is C21H25N5O2. The Balaban J connectivity index is 2.16. The molecule has 0 amide bonds. The highest BCUT2D eigenvalue weighted by Gasteiger charge is 2.08. The lowest BCUT2D eigenvalue weighted by atomic mass is 10.1. The van der Waals surface area contributed by atoms with Gasteiger partial charge in [0.1, 0.15) is 11.7 Å². The van der Waals surface area contributed by atoms with E-state index < -0.39 is 5.97 Å². The van der Waals surface area contributed by atoms with Gasteiger partial charge in [0.25, 0.3) is 0 Å². The van der Waals surface area contributed by atoms with Crippen LogP contribution < -0.4 is 16.4 Å². The van der Waals surface area contributed by atoms with Crippen molar-refractivity contribution < 1.29 is 9.53 Å². The summed E-state index contributed by atoms with van der Waals surface area (Å²) in [5, 5.41) is 15.1. The molecule has 0 fully saturated rings. The number of carbonyl (C=O) groups excluding carboxylic acids is 1. The Bertz CT molecular complexity index is 875. The van der Waals surface area contributed by atoms with Crippen LogP contribution in [0.5, 0.6) is 0 Å². The van der Waals surface area contributed by atoms with Crippen LogP contribution in [0.2, 0.25) is 0 Å². The molecule has 146 valence electrons. The number of hydrogen-bond acceptors (Lipinski definition) is 5. The number of methoxy groups -OCH3 is 1. The highest BCUT2D eigenvalue weighted by Crippen LogP contribution is 2.17. The molecule has 2 rings (SSSR count). The number of nitrogen functional groups attached to an aromatic ring is 2. The van der Waals surface area contributed by atoms with Crippen molar-refractivity contribution in [3.05, 3.63) is 77.4 Å². The number of amidine groups is 2. The van der Waals surface area contributed by atoms with Gasteiger partial charge in [-0.1, -0.05) is 42.5 Å². The molecule has 7 nitrogen and oxygen atoms in total. The summed E-state index contributed by atoms with van der Waals surface area (Å²) in [4.78, 5) is 13.4. The van der Waals surface area contributed by atoms with Gasteiger partial charge >= 0.3 is 5.97 Å². The van der Waals surface area contributed by atoms with Crippen LogP contribution in [0.4, 0.5) is 5.69 Å². The fourth-order valence-electron chi connectivity index (χ4n) is 2.66. The van der Waals surface area contributed by atoms with Crippen molar-refractivity contribution >= 4 is 23.3 Å².